The first-order valence-corrected chi connectivity index (χ1v) is 14.1. The largest absolute Gasteiger partial charge is 0.288 e. The molecule has 5 rings (SSSR count). The van der Waals surface area contributed by atoms with Crippen molar-refractivity contribution >= 4 is 70.4 Å². The van der Waals surface area contributed by atoms with Crippen LogP contribution < -0.4 is 10.9 Å². The Labute approximate surface area is 236 Å². The van der Waals surface area contributed by atoms with Crippen LogP contribution in [0.25, 0.3) is 0 Å². The van der Waals surface area contributed by atoms with Gasteiger partial charge in [-0.2, -0.15) is 0 Å². The zero-order valence-electron chi connectivity index (χ0n) is 19.5. The van der Waals surface area contributed by atoms with E-state index in [1.165, 1.54) is 51.7 Å². The zero-order valence-corrected chi connectivity index (χ0v) is 22.6. The number of amides is 4. The monoisotopic (exact) mass is 587 g/mol. The summed E-state index contributed by atoms with van der Waals surface area (Å²) in [5.74, 6) is -1.45. The summed E-state index contributed by atoms with van der Waals surface area (Å²) >= 11 is 14.7. The van der Waals surface area contributed by atoms with Crippen molar-refractivity contribution in [2.45, 2.75) is 10.7 Å². The fourth-order valence-electron chi connectivity index (χ4n) is 3.86. The highest BCUT2D eigenvalue weighted by Gasteiger charge is 2.36. The summed E-state index contributed by atoms with van der Waals surface area (Å²) in [5, 5.41) is 2.76. The lowest BCUT2D eigenvalue weighted by Gasteiger charge is -2.25. The van der Waals surface area contributed by atoms with Crippen LogP contribution >= 0.6 is 46.7 Å². The Balaban J connectivity index is 1.29. The second kappa shape index (κ2) is 11.2. The van der Waals surface area contributed by atoms with Crippen molar-refractivity contribution in [1.29, 1.82) is 0 Å². The van der Waals surface area contributed by atoms with Gasteiger partial charge >= 0.3 is 0 Å². The van der Waals surface area contributed by atoms with Crippen molar-refractivity contribution in [2.75, 3.05) is 11.5 Å². The molecule has 4 amide bonds. The maximum absolute atomic E-state index is 13.0. The first-order valence-electron chi connectivity index (χ1n) is 11.3. The van der Waals surface area contributed by atoms with Gasteiger partial charge in [-0.15, -0.1) is 23.5 Å². The number of nitrogens with zero attached hydrogens (tertiary/aromatic N) is 3. The number of pyridine rings is 1. The van der Waals surface area contributed by atoms with Crippen LogP contribution in [0.1, 0.15) is 42.9 Å². The van der Waals surface area contributed by atoms with Crippen LogP contribution in [-0.4, -0.2) is 50.1 Å². The van der Waals surface area contributed by atoms with Gasteiger partial charge in [-0.3, -0.25) is 30.0 Å². The van der Waals surface area contributed by atoms with E-state index < -0.39 is 22.6 Å². The van der Waals surface area contributed by atoms with Gasteiger partial charge < -0.3 is 0 Å². The molecule has 1 aromatic heterocycles. The smallest absolute Gasteiger partial charge is 0.272 e. The molecule has 2 unspecified atom stereocenters. The van der Waals surface area contributed by atoms with Gasteiger partial charge in [-0.05, 0) is 47.5 Å². The third-order valence-corrected chi connectivity index (χ3v) is 8.63. The SMILES string of the molecule is O=C(NN1C(=O)CSC1c1ccc(Cl)cc1)c1cccc(C(=O)NN2C(=O)CSC2c2ccc(Cl)cc2)n1. The lowest BCUT2D eigenvalue weighted by molar-refractivity contribution is -0.131. The Bertz CT molecular complexity index is 1300. The van der Waals surface area contributed by atoms with E-state index in [0.717, 1.165) is 11.1 Å². The van der Waals surface area contributed by atoms with E-state index in [9.17, 15) is 19.2 Å². The second-order valence-corrected chi connectivity index (χ2v) is 11.3. The molecule has 194 valence electrons. The summed E-state index contributed by atoms with van der Waals surface area (Å²) < 4.78 is 0. The topological polar surface area (TPSA) is 112 Å². The Morgan fingerprint density at radius 3 is 1.50 bits per heavy atom. The summed E-state index contributed by atoms with van der Waals surface area (Å²) in [7, 11) is 0. The molecule has 38 heavy (non-hydrogen) atoms. The minimum atomic E-state index is -0.652. The number of carbonyl (C=O) groups is 4. The van der Waals surface area contributed by atoms with Gasteiger partial charge in [0.25, 0.3) is 23.6 Å². The first kappa shape index (κ1) is 26.4. The predicted molar refractivity (Wildman–Crippen MR) is 146 cm³/mol. The van der Waals surface area contributed by atoms with Crippen molar-refractivity contribution in [3.63, 3.8) is 0 Å². The number of thioether (sulfide) groups is 2. The molecule has 0 spiro atoms. The van der Waals surface area contributed by atoms with Crippen LogP contribution in [0.2, 0.25) is 10.0 Å². The molecule has 0 bridgehead atoms. The molecule has 2 atom stereocenters. The third kappa shape index (κ3) is 5.60. The number of nitrogens with one attached hydrogen (secondary N) is 2. The van der Waals surface area contributed by atoms with Crippen molar-refractivity contribution in [2.24, 2.45) is 0 Å². The van der Waals surface area contributed by atoms with Crippen LogP contribution in [0.3, 0.4) is 0 Å². The van der Waals surface area contributed by atoms with Crippen molar-refractivity contribution in [1.82, 2.24) is 25.9 Å². The Hall–Kier alpha value is -3.25. The summed E-state index contributed by atoms with van der Waals surface area (Å²) in [6.45, 7) is 0. The van der Waals surface area contributed by atoms with Crippen LogP contribution in [0, 0.1) is 0 Å². The fourth-order valence-corrected chi connectivity index (χ4v) is 6.33. The van der Waals surface area contributed by atoms with Crippen molar-refractivity contribution < 1.29 is 19.2 Å². The number of rotatable bonds is 6. The Kier molecular flexibility index (Phi) is 7.80. The van der Waals surface area contributed by atoms with E-state index in [2.05, 4.69) is 15.8 Å². The summed E-state index contributed by atoms with van der Waals surface area (Å²) in [6.07, 6.45) is 0. The molecule has 2 aliphatic heterocycles. The highest BCUT2D eigenvalue weighted by atomic mass is 35.5. The van der Waals surface area contributed by atoms with Crippen LogP contribution in [0.4, 0.5) is 0 Å². The van der Waals surface area contributed by atoms with Gasteiger partial charge in [0, 0.05) is 10.0 Å². The van der Waals surface area contributed by atoms with Gasteiger partial charge in [0.15, 0.2) is 0 Å². The number of carbonyl (C=O) groups excluding carboxylic acids is 4. The number of halogens is 2. The second-order valence-electron chi connectivity index (χ2n) is 8.25. The normalized spacial score (nSPS) is 19.1. The van der Waals surface area contributed by atoms with Gasteiger partial charge in [-0.1, -0.05) is 53.5 Å². The van der Waals surface area contributed by atoms with E-state index in [1.807, 2.05) is 0 Å². The Morgan fingerprint density at radius 2 is 1.11 bits per heavy atom. The van der Waals surface area contributed by atoms with Crippen LogP contribution in [0.15, 0.2) is 66.7 Å². The standard InChI is InChI=1S/C25H19Cl2N5O4S2/c26-16-8-4-14(5-9-16)24-31(20(33)12-37-24)29-22(35)18-2-1-3-19(28-18)23(36)30-32-21(34)13-38-25(32)15-6-10-17(27)11-7-15/h1-11,24-25H,12-13H2,(H,29,35)(H,30,36). The average Bonchev–Trinajstić information content (AvgIpc) is 3.47. The van der Waals surface area contributed by atoms with Crippen LogP contribution in [-0.2, 0) is 9.59 Å². The molecule has 2 saturated heterocycles. The fraction of sp³-hybridized carbons (Fsp3) is 0.160. The van der Waals surface area contributed by atoms with E-state index >= 15 is 0 Å². The maximum Gasteiger partial charge on any atom is 0.288 e. The summed E-state index contributed by atoms with van der Waals surface area (Å²) in [6, 6.07) is 18.4. The molecule has 3 heterocycles. The van der Waals surface area contributed by atoms with Gasteiger partial charge in [0.1, 0.15) is 22.1 Å². The molecular weight excluding hydrogens is 569 g/mol. The summed E-state index contributed by atoms with van der Waals surface area (Å²) in [5.41, 5.74) is 6.69. The molecule has 0 saturated carbocycles. The molecule has 13 heteroatoms. The molecule has 2 aromatic carbocycles. The van der Waals surface area contributed by atoms with Gasteiger partial charge in [-0.25, -0.2) is 15.0 Å². The highest BCUT2D eigenvalue weighted by molar-refractivity contribution is 8.00. The van der Waals surface area contributed by atoms with Gasteiger partial charge in [0.05, 0.1) is 11.5 Å². The number of hydrogen-bond donors (Lipinski definition) is 2. The lowest BCUT2D eigenvalue weighted by atomic mass is 10.2. The molecule has 3 aromatic rings. The molecule has 9 nitrogen and oxygen atoms in total. The lowest BCUT2D eigenvalue weighted by Crippen LogP contribution is -2.46. The molecular formula is C25H19Cl2N5O4S2. The number of hydrazine groups is 2. The van der Waals surface area contributed by atoms with E-state index in [1.54, 1.807) is 48.5 Å². The van der Waals surface area contributed by atoms with Crippen molar-refractivity contribution in [3.8, 4) is 0 Å². The Morgan fingerprint density at radius 1 is 0.711 bits per heavy atom. The molecule has 0 aliphatic carbocycles. The minimum Gasteiger partial charge on any atom is -0.272 e. The molecule has 2 aliphatic rings. The number of aromatic nitrogens is 1. The predicted octanol–water partition coefficient (Wildman–Crippen LogP) is 4.23. The average molecular weight is 588 g/mol. The van der Waals surface area contributed by atoms with E-state index in [4.69, 9.17) is 23.2 Å². The third-order valence-electron chi connectivity index (χ3n) is 5.70. The zero-order chi connectivity index (χ0) is 26.8. The summed E-state index contributed by atoms with van der Waals surface area (Å²) in [4.78, 5) is 55.2. The number of benzene rings is 2. The number of hydrogen-bond acceptors (Lipinski definition) is 7. The van der Waals surface area contributed by atoms with E-state index in [0.29, 0.717) is 10.0 Å². The molecule has 0 radical (unpaired) electrons. The molecule has 2 fully saturated rings. The minimum absolute atomic E-state index is 0.0615. The van der Waals surface area contributed by atoms with Crippen LogP contribution in [0.5, 0.6) is 0 Å². The van der Waals surface area contributed by atoms with E-state index in [-0.39, 0.29) is 34.7 Å². The highest BCUT2D eigenvalue weighted by Crippen LogP contribution is 2.38. The maximum atomic E-state index is 13.0. The molecule has 2 N–H and O–H groups in total. The van der Waals surface area contributed by atoms with Crippen molar-refractivity contribution in [3.05, 3.63) is 99.3 Å². The quantitative estimate of drug-likeness (QED) is 0.444. The van der Waals surface area contributed by atoms with Gasteiger partial charge in [0.2, 0.25) is 0 Å². The first-order chi connectivity index (χ1) is 18.3.